The summed E-state index contributed by atoms with van der Waals surface area (Å²) in [5.74, 6) is 1.04. The standard InChI is InChI=1S/C19H21N3O4.C2H6/c1-11-7-8-12(26-11)10-20-15-9-16(23)17(15)21-14-6-4-5-13(18(14)24)19(25)22(2)3;1-2/h4-8,20-21,24H,9-10H2,1-3H3;1-2H3. The molecule has 1 amide bonds. The highest BCUT2D eigenvalue weighted by Crippen LogP contribution is 2.32. The average Bonchev–Trinajstić information content (AvgIpc) is 3.10. The summed E-state index contributed by atoms with van der Waals surface area (Å²) >= 11 is 0. The number of nitrogens with one attached hydrogen (secondary N) is 2. The predicted molar refractivity (Wildman–Crippen MR) is 108 cm³/mol. The van der Waals surface area contributed by atoms with Crippen molar-refractivity contribution in [3.05, 3.63) is 58.8 Å². The Morgan fingerprint density at radius 2 is 1.93 bits per heavy atom. The number of allylic oxidation sites excluding steroid dienone is 2. The number of furan rings is 1. The van der Waals surface area contributed by atoms with Crippen LogP contribution in [0.5, 0.6) is 5.75 Å². The van der Waals surface area contributed by atoms with E-state index in [1.807, 2.05) is 32.9 Å². The molecule has 0 atom stereocenters. The molecule has 0 saturated carbocycles. The van der Waals surface area contributed by atoms with Crippen molar-refractivity contribution in [2.75, 3.05) is 19.4 Å². The predicted octanol–water partition coefficient (Wildman–Crippen LogP) is 3.41. The van der Waals surface area contributed by atoms with Gasteiger partial charge in [0.25, 0.3) is 5.91 Å². The number of carbonyl (C=O) groups excluding carboxylic acids is 2. The van der Waals surface area contributed by atoms with Crippen molar-refractivity contribution in [2.45, 2.75) is 33.7 Å². The van der Waals surface area contributed by atoms with E-state index in [2.05, 4.69) is 10.6 Å². The summed E-state index contributed by atoms with van der Waals surface area (Å²) in [5, 5.41) is 16.5. The molecular formula is C21H27N3O4. The van der Waals surface area contributed by atoms with Gasteiger partial charge in [-0.05, 0) is 31.2 Å². The SMILES string of the molecule is CC.Cc1ccc(CNC2=C(Nc3cccc(C(=O)N(C)C)c3O)C(=O)C2)o1. The minimum absolute atomic E-state index is 0.0631. The van der Waals surface area contributed by atoms with E-state index in [9.17, 15) is 14.7 Å². The van der Waals surface area contributed by atoms with Gasteiger partial charge in [-0.15, -0.1) is 0 Å². The Labute approximate surface area is 165 Å². The lowest BCUT2D eigenvalue weighted by molar-refractivity contribution is -0.116. The van der Waals surface area contributed by atoms with E-state index in [-0.39, 0.29) is 23.0 Å². The third-order valence-electron chi connectivity index (χ3n) is 4.12. The van der Waals surface area contributed by atoms with Crippen LogP contribution in [0.1, 0.15) is 42.1 Å². The molecule has 150 valence electrons. The maximum absolute atomic E-state index is 12.1. The molecule has 2 aromatic rings. The summed E-state index contributed by atoms with van der Waals surface area (Å²) in [7, 11) is 3.22. The summed E-state index contributed by atoms with van der Waals surface area (Å²) in [6, 6.07) is 8.56. The molecule has 1 heterocycles. The molecule has 28 heavy (non-hydrogen) atoms. The number of rotatable bonds is 6. The number of aromatic hydroxyl groups is 1. The van der Waals surface area contributed by atoms with Gasteiger partial charge in [0.1, 0.15) is 17.2 Å². The number of nitrogens with zero attached hydrogens (tertiary/aromatic N) is 1. The van der Waals surface area contributed by atoms with Gasteiger partial charge in [0.15, 0.2) is 11.5 Å². The van der Waals surface area contributed by atoms with Crippen LogP contribution in [0.2, 0.25) is 0 Å². The van der Waals surface area contributed by atoms with Gasteiger partial charge in [-0.3, -0.25) is 9.59 Å². The number of amides is 1. The smallest absolute Gasteiger partial charge is 0.257 e. The Morgan fingerprint density at radius 3 is 2.50 bits per heavy atom. The van der Waals surface area contributed by atoms with E-state index in [1.165, 1.54) is 11.0 Å². The number of hydrogen-bond acceptors (Lipinski definition) is 6. The van der Waals surface area contributed by atoms with E-state index in [1.54, 1.807) is 26.2 Å². The normalized spacial score (nSPS) is 12.7. The number of phenolic OH excluding ortho intramolecular Hbond substituents is 1. The summed E-state index contributed by atoms with van der Waals surface area (Å²) in [4.78, 5) is 25.5. The third kappa shape index (κ3) is 4.54. The summed E-state index contributed by atoms with van der Waals surface area (Å²) in [6.07, 6.45) is 0.291. The molecule has 0 saturated heterocycles. The molecule has 0 aliphatic heterocycles. The molecule has 0 spiro atoms. The first kappa shape index (κ1) is 21.1. The molecule has 1 aliphatic rings. The van der Waals surface area contributed by atoms with Crippen LogP contribution in [0.3, 0.4) is 0 Å². The van der Waals surface area contributed by atoms with Crippen LogP contribution in [0.15, 0.2) is 46.1 Å². The molecule has 1 aromatic heterocycles. The zero-order valence-electron chi connectivity index (χ0n) is 16.9. The Kier molecular flexibility index (Phi) is 6.87. The number of benzene rings is 1. The number of phenols is 1. The van der Waals surface area contributed by atoms with Crippen molar-refractivity contribution in [3.63, 3.8) is 0 Å². The molecule has 0 fully saturated rings. The molecule has 0 radical (unpaired) electrons. The molecular weight excluding hydrogens is 358 g/mol. The topological polar surface area (TPSA) is 94.8 Å². The lowest BCUT2D eigenvalue weighted by atomic mass is 9.98. The molecule has 1 aliphatic carbocycles. The number of aryl methyl sites for hydroxylation is 1. The van der Waals surface area contributed by atoms with Crippen LogP contribution in [0.25, 0.3) is 0 Å². The molecule has 1 aromatic carbocycles. The first-order valence-corrected chi connectivity index (χ1v) is 9.23. The zero-order valence-corrected chi connectivity index (χ0v) is 16.9. The van der Waals surface area contributed by atoms with Crippen molar-refractivity contribution >= 4 is 17.4 Å². The Morgan fingerprint density at radius 1 is 1.21 bits per heavy atom. The van der Waals surface area contributed by atoms with E-state index < -0.39 is 0 Å². The number of hydrogen-bond donors (Lipinski definition) is 3. The molecule has 0 bridgehead atoms. The van der Waals surface area contributed by atoms with Crippen molar-refractivity contribution < 1.29 is 19.1 Å². The van der Waals surface area contributed by atoms with Crippen LogP contribution in [-0.4, -0.2) is 35.8 Å². The van der Waals surface area contributed by atoms with Crippen molar-refractivity contribution in [1.82, 2.24) is 10.2 Å². The summed E-state index contributed by atoms with van der Waals surface area (Å²) in [5.41, 5.74) is 1.62. The first-order chi connectivity index (χ1) is 13.4. The highest BCUT2D eigenvalue weighted by atomic mass is 16.3. The number of Topliss-reactive ketones (excluding diaryl/α,β-unsaturated/α-hetero) is 1. The quantitative estimate of drug-likeness (QED) is 0.660. The number of carbonyl (C=O) groups is 2. The second kappa shape index (κ2) is 9.12. The van der Waals surface area contributed by atoms with Gasteiger partial charge in [-0.2, -0.15) is 0 Å². The number of anilines is 1. The average molecular weight is 385 g/mol. The lowest BCUT2D eigenvalue weighted by Gasteiger charge is -2.25. The third-order valence-corrected chi connectivity index (χ3v) is 4.12. The number of para-hydroxylation sites is 1. The highest BCUT2D eigenvalue weighted by molar-refractivity contribution is 6.07. The van der Waals surface area contributed by atoms with Crippen LogP contribution in [0, 0.1) is 6.92 Å². The van der Waals surface area contributed by atoms with Gasteiger partial charge in [0.05, 0.1) is 24.2 Å². The van der Waals surface area contributed by atoms with Gasteiger partial charge >= 0.3 is 0 Å². The minimum atomic E-state index is -0.313. The minimum Gasteiger partial charge on any atom is -0.505 e. The zero-order chi connectivity index (χ0) is 20.8. The van der Waals surface area contributed by atoms with E-state index >= 15 is 0 Å². The van der Waals surface area contributed by atoms with Crippen LogP contribution >= 0.6 is 0 Å². The fraction of sp³-hybridized carbons (Fsp3) is 0.333. The lowest BCUT2D eigenvalue weighted by Crippen LogP contribution is -2.32. The summed E-state index contributed by atoms with van der Waals surface area (Å²) in [6.45, 7) is 6.33. The molecule has 0 unspecified atom stereocenters. The van der Waals surface area contributed by atoms with E-state index in [4.69, 9.17) is 4.42 Å². The fourth-order valence-corrected chi connectivity index (χ4v) is 2.66. The van der Waals surface area contributed by atoms with Crippen LogP contribution in [-0.2, 0) is 11.3 Å². The summed E-state index contributed by atoms with van der Waals surface area (Å²) < 4.78 is 5.49. The first-order valence-electron chi connectivity index (χ1n) is 9.23. The number of ketones is 1. The Hall–Kier alpha value is -3.22. The van der Waals surface area contributed by atoms with Gasteiger partial charge in [-0.1, -0.05) is 19.9 Å². The second-order valence-electron chi connectivity index (χ2n) is 6.35. The van der Waals surface area contributed by atoms with E-state index in [0.29, 0.717) is 24.4 Å². The maximum Gasteiger partial charge on any atom is 0.257 e. The highest BCUT2D eigenvalue weighted by Gasteiger charge is 2.28. The monoisotopic (exact) mass is 385 g/mol. The van der Waals surface area contributed by atoms with Crippen molar-refractivity contribution in [3.8, 4) is 5.75 Å². The van der Waals surface area contributed by atoms with Gasteiger partial charge in [-0.25, -0.2) is 0 Å². The van der Waals surface area contributed by atoms with Crippen LogP contribution < -0.4 is 10.6 Å². The van der Waals surface area contributed by atoms with Crippen molar-refractivity contribution in [2.24, 2.45) is 0 Å². The molecule has 3 N–H and O–H groups in total. The second-order valence-corrected chi connectivity index (χ2v) is 6.35. The van der Waals surface area contributed by atoms with Crippen molar-refractivity contribution in [1.29, 1.82) is 0 Å². The molecule has 7 nitrogen and oxygen atoms in total. The molecule has 3 rings (SSSR count). The maximum atomic E-state index is 12.1. The van der Waals surface area contributed by atoms with Crippen LogP contribution in [0.4, 0.5) is 5.69 Å². The van der Waals surface area contributed by atoms with Gasteiger partial charge in [0, 0.05) is 19.8 Å². The van der Waals surface area contributed by atoms with Gasteiger partial charge in [0.2, 0.25) is 0 Å². The van der Waals surface area contributed by atoms with Gasteiger partial charge < -0.3 is 25.1 Å². The fourth-order valence-electron chi connectivity index (χ4n) is 2.66. The molecule has 7 heteroatoms. The van der Waals surface area contributed by atoms with E-state index in [0.717, 1.165) is 17.2 Å². The largest absolute Gasteiger partial charge is 0.505 e. The Bertz CT molecular complexity index is 897. The Balaban J connectivity index is 0.00000136.